The van der Waals surface area contributed by atoms with Crippen LogP contribution in [0.3, 0.4) is 0 Å². The van der Waals surface area contributed by atoms with E-state index in [0.29, 0.717) is 36.5 Å². The Balaban J connectivity index is 1.99. The lowest BCUT2D eigenvalue weighted by molar-refractivity contribution is 0.311. The first kappa shape index (κ1) is 20.6. The van der Waals surface area contributed by atoms with Gasteiger partial charge in [0.1, 0.15) is 0 Å². The predicted molar refractivity (Wildman–Crippen MR) is 108 cm³/mol. The third kappa shape index (κ3) is 5.64. The number of hydrogen-bond donors (Lipinski definition) is 2. The lowest BCUT2D eigenvalue weighted by Gasteiger charge is -2.14. The molecule has 1 heterocycles. The maximum atomic E-state index is 5.61. The monoisotopic (exact) mass is 374 g/mol. The van der Waals surface area contributed by atoms with Crippen LogP contribution < -0.4 is 20.1 Å². The van der Waals surface area contributed by atoms with Crippen molar-refractivity contribution in [2.75, 3.05) is 26.1 Å². The molecule has 27 heavy (non-hydrogen) atoms. The molecule has 0 aliphatic carbocycles. The van der Waals surface area contributed by atoms with E-state index in [2.05, 4.69) is 34.6 Å². The molecule has 0 aliphatic rings. The van der Waals surface area contributed by atoms with Crippen molar-refractivity contribution < 1.29 is 14.0 Å². The van der Waals surface area contributed by atoms with Gasteiger partial charge in [0.25, 0.3) is 0 Å². The average Bonchev–Trinajstić information content (AvgIpc) is 3.15. The summed E-state index contributed by atoms with van der Waals surface area (Å²) < 4.78 is 16.4. The van der Waals surface area contributed by atoms with Gasteiger partial charge in [-0.15, -0.1) is 0 Å². The molecule has 0 atom stereocenters. The van der Waals surface area contributed by atoms with E-state index in [1.165, 1.54) is 0 Å². The summed E-state index contributed by atoms with van der Waals surface area (Å²) in [6.45, 7) is 7.33. The maximum absolute atomic E-state index is 5.61. The number of ether oxygens (including phenoxy) is 2. The predicted octanol–water partition coefficient (Wildman–Crippen LogP) is 4.17. The zero-order chi connectivity index (χ0) is 19.6. The fourth-order valence-electron chi connectivity index (χ4n) is 2.82. The Kier molecular flexibility index (Phi) is 7.98. The van der Waals surface area contributed by atoms with Crippen LogP contribution in [0.25, 0.3) is 0 Å². The van der Waals surface area contributed by atoms with Crippen LogP contribution in [0.4, 0.5) is 5.69 Å². The molecular weight excluding hydrogens is 344 g/mol. The Labute approximate surface area is 161 Å². The molecule has 148 valence electrons. The SMILES string of the molecule is CCOc1cc(NC(=NC)NCc2cc(C(CC)CC)no2)ccc1OC. The Bertz CT molecular complexity index is 739. The van der Waals surface area contributed by atoms with E-state index in [1.54, 1.807) is 14.2 Å². The van der Waals surface area contributed by atoms with Crippen LogP contribution in [-0.2, 0) is 6.54 Å². The van der Waals surface area contributed by atoms with Gasteiger partial charge in [0.15, 0.2) is 23.2 Å². The summed E-state index contributed by atoms with van der Waals surface area (Å²) in [6.07, 6.45) is 2.11. The standard InChI is InChI=1S/C20H30N4O3/c1-6-14(7-2)17-12-16(27-24-17)13-22-20(21-4)23-15-9-10-18(25-5)19(11-15)26-8-3/h9-12,14H,6-8,13H2,1-5H3,(H2,21,22,23). The van der Waals surface area contributed by atoms with Gasteiger partial charge in [-0.3, -0.25) is 4.99 Å². The van der Waals surface area contributed by atoms with Crippen molar-refractivity contribution in [2.24, 2.45) is 4.99 Å². The van der Waals surface area contributed by atoms with Crippen LogP contribution in [0.1, 0.15) is 51.0 Å². The van der Waals surface area contributed by atoms with Crippen LogP contribution in [0, 0.1) is 0 Å². The Morgan fingerprint density at radius 1 is 1.19 bits per heavy atom. The molecule has 7 nitrogen and oxygen atoms in total. The molecule has 0 radical (unpaired) electrons. The van der Waals surface area contributed by atoms with E-state index in [-0.39, 0.29) is 0 Å². The summed E-state index contributed by atoms with van der Waals surface area (Å²) in [4.78, 5) is 4.25. The summed E-state index contributed by atoms with van der Waals surface area (Å²) in [5, 5.41) is 10.7. The van der Waals surface area contributed by atoms with Crippen molar-refractivity contribution in [3.05, 3.63) is 35.7 Å². The molecule has 0 fully saturated rings. The molecule has 2 N–H and O–H groups in total. The minimum Gasteiger partial charge on any atom is -0.493 e. The van der Waals surface area contributed by atoms with Crippen molar-refractivity contribution in [1.29, 1.82) is 0 Å². The average molecular weight is 374 g/mol. The maximum Gasteiger partial charge on any atom is 0.195 e. The fraction of sp³-hybridized carbons (Fsp3) is 0.500. The second-order valence-electron chi connectivity index (χ2n) is 6.08. The van der Waals surface area contributed by atoms with Crippen molar-refractivity contribution in [2.45, 2.75) is 46.1 Å². The van der Waals surface area contributed by atoms with Gasteiger partial charge in [-0.05, 0) is 31.9 Å². The van der Waals surface area contributed by atoms with E-state index in [0.717, 1.165) is 30.0 Å². The zero-order valence-corrected chi connectivity index (χ0v) is 16.8. The Morgan fingerprint density at radius 3 is 2.59 bits per heavy atom. The van der Waals surface area contributed by atoms with Crippen molar-refractivity contribution >= 4 is 11.6 Å². The fourth-order valence-corrected chi connectivity index (χ4v) is 2.82. The van der Waals surface area contributed by atoms with E-state index in [4.69, 9.17) is 14.0 Å². The van der Waals surface area contributed by atoms with Crippen molar-refractivity contribution in [3.63, 3.8) is 0 Å². The molecule has 1 aromatic heterocycles. The lowest BCUT2D eigenvalue weighted by atomic mass is 9.99. The van der Waals surface area contributed by atoms with Gasteiger partial charge < -0.3 is 24.6 Å². The lowest BCUT2D eigenvalue weighted by Crippen LogP contribution is -2.30. The summed E-state index contributed by atoms with van der Waals surface area (Å²) in [6, 6.07) is 7.67. The van der Waals surface area contributed by atoms with Gasteiger partial charge in [0.2, 0.25) is 0 Å². The quantitative estimate of drug-likeness (QED) is 0.506. The summed E-state index contributed by atoms with van der Waals surface area (Å²) in [7, 11) is 3.34. The van der Waals surface area contributed by atoms with E-state index >= 15 is 0 Å². The number of guanidine groups is 1. The molecule has 0 spiro atoms. The van der Waals surface area contributed by atoms with Crippen LogP contribution >= 0.6 is 0 Å². The van der Waals surface area contributed by atoms with Gasteiger partial charge in [0, 0.05) is 30.8 Å². The summed E-state index contributed by atoms with van der Waals surface area (Å²) in [5.74, 6) is 3.23. The molecule has 0 unspecified atom stereocenters. The number of methoxy groups -OCH3 is 1. The van der Waals surface area contributed by atoms with E-state index in [1.807, 2.05) is 31.2 Å². The highest BCUT2D eigenvalue weighted by Crippen LogP contribution is 2.30. The molecule has 2 aromatic rings. The Morgan fingerprint density at radius 2 is 1.96 bits per heavy atom. The second-order valence-corrected chi connectivity index (χ2v) is 6.08. The smallest absolute Gasteiger partial charge is 0.195 e. The molecule has 0 aliphatic heterocycles. The highest BCUT2D eigenvalue weighted by molar-refractivity contribution is 5.93. The number of hydrogen-bond acceptors (Lipinski definition) is 5. The van der Waals surface area contributed by atoms with Gasteiger partial charge >= 0.3 is 0 Å². The second kappa shape index (κ2) is 10.4. The zero-order valence-electron chi connectivity index (χ0n) is 16.8. The minimum absolute atomic E-state index is 0.441. The van der Waals surface area contributed by atoms with Crippen LogP contribution in [0.15, 0.2) is 33.8 Å². The van der Waals surface area contributed by atoms with Crippen LogP contribution in [-0.4, -0.2) is 31.9 Å². The normalized spacial score (nSPS) is 11.6. The molecule has 0 bridgehead atoms. The van der Waals surface area contributed by atoms with E-state index < -0.39 is 0 Å². The first-order valence-electron chi connectivity index (χ1n) is 9.39. The third-order valence-electron chi connectivity index (χ3n) is 4.36. The van der Waals surface area contributed by atoms with Gasteiger partial charge in [-0.1, -0.05) is 19.0 Å². The summed E-state index contributed by atoms with van der Waals surface area (Å²) in [5.41, 5.74) is 1.86. The summed E-state index contributed by atoms with van der Waals surface area (Å²) >= 11 is 0. The number of aromatic nitrogens is 1. The van der Waals surface area contributed by atoms with Gasteiger partial charge in [-0.25, -0.2) is 0 Å². The Hall–Kier alpha value is -2.70. The number of nitrogens with one attached hydrogen (secondary N) is 2. The number of anilines is 1. The van der Waals surface area contributed by atoms with Crippen molar-refractivity contribution in [1.82, 2.24) is 10.5 Å². The first-order valence-corrected chi connectivity index (χ1v) is 9.39. The third-order valence-corrected chi connectivity index (χ3v) is 4.36. The molecule has 2 rings (SSSR count). The minimum atomic E-state index is 0.441. The number of nitrogens with zero attached hydrogens (tertiary/aromatic N) is 2. The van der Waals surface area contributed by atoms with Crippen molar-refractivity contribution in [3.8, 4) is 11.5 Å². The molecule has 0 saturated heterocycles. The van der Waals surface area contributed by atoms with Gasteiger partial charge in [0.05, 0.1) is 26.0 Å². The number of benzene rings is 1. The van der Waals surface area contributed by atoms with Crippen LogP contribution in [0.5, 0.6) is 11.5 Å². The molecule has 0 amide bonds. The number of rotatable bonds is 9. The molecule has 0 saturated carbocycles. The molecular formula is C20H30N4O3. The number of aliphatic imine (C=N–C) groups is 1. The van der Waals surface area contributed by atoms with Gasteiger partial charge in [-0.2, -0.15) is 0 Å². The molecule has 1 aromatic carbocycles. The topological polar surface area (TPSA) is 80.9 Å². The highest BCUT2D eigenvalue weighted by atomic mass is 16.5. The van der Waals surface area contributed by atoms with Crippen LogP contribution in [0.2, 0.25) is 0 Å². The van der Waals surface area contributed by atoms with E-state index in [9.17, 15) is 0 Å². The molecule has 7 heteroatoms. The highest BCUT2D eigenvalue weighted by Gasteiger charge is 2.13. The first-order chi connectivity index (χ1) is 13.1. The largest absolute Gasteiger partial charge is 0.493 e.